The molecule has 1 saturated heterocycles. The van der Waals surface area contributed by atoms with Crippen molar-refractivity contribution >= 4 is 28.4 Å². The highest BCUT2D eigenvalue weighted by molar-refractivity contribution is 6.46. The van der Waals surface area contributed by atoms with Gasteiger partial charge in [0.25, 0.3) is 11.7 Å². The molecule has 1 aliphatic carbocycles. The van der Waals surface area contributed by atoms with Crippen LogP contribution in [0.25, 0.3) is 16.7 Å². The molecule has 33 heavy (non-hydrogen) atoms. The number of hydrogen-bond acceptors (Lipinski definition) is 4. The van der Waals surface area contributed by atoms with Crippen LogP contribution < -0.4 is 4.74 Å². The fourth-order valence-corrected chi connectivity index (χ4v) is 5.39. The van der Waals surface area contributed by atoms with Crippen molar-refractivity contribution in [2.75, 3.05) is 7.11 Å². The Morgan fingerprint density at radius 2 is 1.85 bits per heavy atom. The maximum Gasteiger partial charge on any atom is 0.295 e. The number of aromatic amines is 1. The molecule has 3 aromatic rings. The number of ketones is 1. The molecule has 1 atom stereocenters. The number of nitrogens with one attached hydrogen (secondary N) is 1. The Morgan fingerprint density at radius 3 is 2.58 bits per heavy atom. The van der Waals surface area contributed by atoms with Gasteiger partial charge in [-0.3, -0.25) is 9.59 Å². The van der Waals surface area contributed by atoms with Crippen LogP contribution in [0.5, 0.6) is 5.75 Å². The number of carbonyl (C=O) groups is 2. The Hall–Kier alpha value is -3.54. The normalized spacial score (nSPS) is 21.2. The molecule has 5 rings (SSSR count). The van der Waals surface area contributed by atoms with E-state index >= 15 is 0 Å². The molecule has 1 amide bonds. The Balaban J connectivity index is 1.72. The highest BCUT2D eigenvalue weighted by atomic mass is 16.5. The van der Waals surface area contributed by atoms with Crippen molar-refractivity contribution in [3.05, 3.63) is 70.9 Å². The third-order valence-electron chi connectivity index (χ3n) is 7.05. The number of benzene rings is 2. The monoisotopic (exact) mass is 444 g/mol. The van der Waals surface area contributed by atoms with Gasteiger partial charge in [-0.1, -0.05) is 37.5 Å². The maximum absolute atomic E-state index is 13.4. The van der Waals surface area contributed by atoms with Crippen molar-refractivity contribution in [2.45, 2.75) is 51.1 Å². The number of nitrogens with zero attached hydrogens (tertiary/aromatic N) is 1. The van der Waals surface area contributed by atoms with E-state index in [1.165, 1.54) is 0 Å². The van der Waals surface area contributed by atoms with Gasteiger partial charge in [-0.25, -0.2) is 0 Å². The number of hydrogen-bond donors (Lipinski definition) is 2. The first-order valence-corrected chi connectivity index (χ1v) is 11.5. The number of aliphatic hydroxyl groups is 1. The summed E-state index contributed by atoms with van der Waals surface area (Å²) in [5, 5.41) is 12.4. The van der Waals surface area contributed by atoms with Gasteiger partial charge in [0, 0.05) is 34.3 Å². The van der Waals surface area contributed by atoms with Gasteiger partial charge in [-0.2, -0.15) is 0 Å². The first-order chi connectivity index (χ1) is 16.0. The molecule has 2 fully saturated rings. The van der Waals surface area contributed by atoms with Gasteiger partial charge in [0.2, 0.25) is 0 Å². The second-order valence-corrected chi connectivity index (χ2v) is 8.97. The molecule has 6 nitrogen and oxygen atoms in total. The zero-order valence-electron chi connectivity index (χ0n) is 18.9. The smallest absolute Gasteiger partial charge is 0.295 e. The quantitative estimate of drug-likeness (QED) is 0.328. The number of fused-ring (bicyclic) bond motifs is 1. The minimum Gasteiger partial charge on any atom is -0.507 e. The summed E-state index contributed by atoms with van der Waals surface area (Å²) in [7, 11) is 1.58. The van der Waals surface area contributed by atoms with Gasteiger partial charge in [0.05, 0.1) is 18.7 Å². The predicted molar refractivity (Wildman–Crippen MR) is 127 cm³/mol. The van der Waals surface area contributed by atoms with E-state index in [1.807, 2.05) is 43.5 Å². The first kappa shape index (κ1) is 21.3. The molecule has 0 bridgehead atoms. The maximum atomic E-state index is 13.4. The fourth-order valence-electron chi connectivity index (χ4n) is 5.39. The number of H-pyrrole nitrogens is 1. The van der Waals surface area contributed by atoms with Gasteiger partial charge in [0.15, 0.2) is 0 Å². The summed E-state index contributed by atoms with van der Waals surface area (Å²) in [5.41, 5.74) is 3.23. The molecule has 1 saturated carbocycles. The summed E-state index contributed by atoms with van der Waals surface area (Å²) in [6, 6.07) is 12.5. The Bertz CT molecular complexity index is 1270. The number of likely N-dealkylation sites (tertiary alicyclic amines) is 1. The minimum atomic E-state index is -0.634. The lowest BCUT2D eigenvalue weighted by atomic mass is 9.90. The molecule has 1 aliphatic heterocycles. The lowest BCUT2D eigenvalue weighted by Gasteiger charge is -2.35. The van der Waals surface area contributed by atoms with Crippen LogP contribution in [0, 0.1) is 6.92 Å². The summed E-state index contributed by atoms with van der Waals surface area (Å²) in [5.74, 6) is -0.615. The Labute approximate surface area is 192 Å². The van der Waals surface area contributed by atoms with E-state index < -0.39 is 17.7 Å². The first-order valence-electron chi connectivity index (χ1n) is 11.5. The Kier molecular flexibility index (Phi) is 5.44. The van der Waals surface area contributed by atoms with Crippen molar-refractivity contribution in [3.8, 4) is 5.75 Å². The molecule has 6 heteroatoms. The molecule has 1 unspecified atom stereocenters. The number of rotatable bonds is 4. The zero-order chi connectivity index (χ0) is 23.1. The van der Waals surface area contributed by atoms with Crippen LogP contribution in [0.1, 0.15) is 54.8 Å². The van der Waals surface area contributed by atoms with Crippen molar-refractivity contribution in [1.82, 2.24) is 9.88 Å². The minimum absolute atomic E-state index is 0.0175. The average molecular weight is 445 g/mol. The second-order valence-electron chi connectivity index (χ2n) is 8.97. The van der Waals surface area contributed by atoms with E-state index in [-0.39, 0.29) is 17.4 Å². The van der Waals surface area contributed by atoms with E-state index in [2.05, 4.69) is 4.98 Å². The largest absolute Gasteiger partial charge is 0.507 e. The second kappa shape index (κ2) is 8.43. The predicted octanol–water partition coefficient (Wildman–Crippen LogP) is 5.24. The summed E-state index contributed by atoms with van der Waals surface area (Å²) in [6.07, 6.45) is 6.81. The molecule has 2 aromatic carbocycles. The summed E-state index contributed by atoms with van der Waals surface area (Å²) < 4.78 is 5.29. The molecule has 1 aromatic heterocycles. The van der Waals surface area contributed by atoms with Crippen LogP contribution in [-0.4, -0.2) is 39.8 Å². The third kappa shape index (κ3) is 3.50. The fraction of sp³-hybridized carbons (Fsp3) is 0.333. The molecule has 2 N–H and O–H groups in total. The topological polar surface area (TPSA) is 82.6 Å². The van der Waals surface area contributed by atoms with Gasteiger partial charge in [0.1, 0.15) is 11.5 Å². The summed E-state index contributed by atoms with van der Waals surface area (Å²) in [6.45, 7) is 1.86. The van der Waals surface area contributed by atoms with Gasteiger partial charge in [-0.15, -0.1) is 0 Å². The number of Topliss-reactive ketones (excluding diaryl/α,β-unsaturated/α-hetero) is 1. The third-order valence-corrected chi connectivity index (χ3v) is 7.05. The highest BCUT2D eigenvalue weighted by Gasteiger charge is 2.49. The SMILES string of the molecule is COc1ccc(/C(O)=C2\C(=O)C(=O)N(C3CCCCC3)C2c2c[nH]c3ccccc23)c(C)c1. The molecule has 170 valence electrons. The van der Waals surface area contributed by atoms with Crippen LogP contribution in [0.3, 0.4) is 0 Å². The van der Waals surface area contributed by atoms with E-state index in [4.69, 9.17) is 4.74 Å². The number of aromatic nitrogens is 1. The number of aryl methyl sites for hydroxylation is 1. The summed E-state index contributed by atoms with van der Waals surface area (Å²) >= 11 is 0. The Morgan fingerprint density at radius 1 is 1.09 bits per heavy atom. The molecule has 0 spiro atoms. The zero-order valence-corrected chi connectivity index (χ0v) is 18.9. The van der Waals surface area contributed by atoms with Crippen LogP contribution in [0.15, 0.2) is 54.2 Å². The van der Waals surface area contributed by atoms with Crippen molar-refractivity contribution in [2.24, 2.45) is 0 Å². The highest BCUT2D eigenvalue weighted by Crippen LogP contribution is 2.45. The number of methoxy groups -OCH3 is 1. The number of ether oxygens (including phenoxy) is 1. The van der Waals surface area contributed by atoms with E-state index in [1.54, 1.807) is 24.1 Å². The van der Waals surface area contributed by atoms with E-state index in [9.17, 15) is 14.7 Å². The molecule has 2 aliphatic rings. The molecule has 2 heterocycles. The van der Waals surface area contributed by atoms with Gasteiger partial charge in [-0.05, 0) is 49.6 Å². The van der Waals surface area contributed by atoms with Crippen LogP contribution in [-0.2, 0) is 9.59 Å². The van der Waals surface area contributed by atoms with Crippen molar-refractivity contribution in [1.29, 1.82) is 0 Å². The number of carbonyl (C=O) groups excluding carboxylic acids is 2. The van der Waals surface area contributed by atoms with Gasteiger partial charge < -0.3 is 19.7 Å². The van der Waals surface area contributed by atoms with Crippen LogP contribution in [0.2, 0.25) is 0 Å². The number of amides is 1. The summed E-state index contributed by atoms with van der Waals surface area (Å²) in [4.78, 5) is 31.8. The lowest BCUT2D eigenvalue weighted by Crippen LogP contribution is -2.40. The van der Waals surface area contributed by atoms with Gasteiger partial charge >= 0.3 is 0 Å². The van der Waals surface area contributed by atoms with Crippen LogP contribution >= 0.6 is 0 Å². The standard InChI is InChI=1S/C27H28N2O4/c1-16-14-18(33-2)12-13-19(16)25(30)23-24(21-15-28-22-11-7-6-10-20(21)22)29(27(32)26(23)31)17-8-4-3-5-9-17/h6-7,10-15,17,24,28,30H,3-5,8-9H2,1-2H3/b25-23+. The molecule has 0 radical (unpaired) electrons. The van der Waals surface area contributed by atoms with E-state index in [0.29, 0.717) is 11.3 Å². The van der Waals surface area contributed by atoms with Crippen molar-refractivity contribution in [3.63, 3.8) is 0 Å². The van der Waals surface area contributed by atoms with E-state index in [0.717, 1.165) is 54.1 Å². The van der Waals surface area contributed by atoms with Crippen LogP contribution in [0.4, 0.5) is 0 Å². The average Bonchev–Trinajstić information content (AvgIpc) is 3.37. The van der Waals surface area contributed by atoms with Crippen molar-refractivity contribution < 1.29 is 19.4 Å². The number of para-hydroxylation sites is 1. The molecular weight excluding hydrogens is 416 g/mol. The lowest BCUT2D eigenvalue weighted by molar-refractivity contribution is -0.141. The molecular formula is C27H28N2O4. The number of aliphatic hydroxyl groups excluding tert-OH is 1.